The monoisotopic (exact) mass is 325 g/mol. The molecule has 6 heteroatoms. The smallest absolute Gasteiger partial charge is 0.347 e. The Morgan fingerprint density at radius 2 is 2.12 bits per heavy atom. The van der Waals surface area contributed by atoms with Gasteiger partial charge in [-0.15, -0.1) is 0 Å². The van der Waals surface area contributed by atoms with Crippen LogP contribution in [0.4, 0.5) is 4.39 Å². The van der Waals surface area contributed by atoms with Gasteiger partial charge in [0.05, 0.1) is 5.69 Å². The maximum atomic E-state index is 13.2. The minimum absolute atomic E-state index is 0.221. The normalized spacial score (nSPS) is 13.0. The minimum atomic E-state index is -0.273. The fourth-order valence-corrected chi connectivity index (χ4v) is 3.05. The summed E-state index contributed by atoms with van der Waals surface area (Å²) in [6.07, 6.45) is 2.53. The number of aromatic amines is 1. The molecule has 4 rings (SSSR count). The largest absolute Gasteiger partial charge is 0.489 e. The number of nitrogens with one attached hydrogen (secondary N) is 1. The highest BCUT2D eigenvalue weighted by molar-refractivity contribution is 5.47. The summed E-state index contributed by atoms with van der Waals surface area (Å²) in [5, 5.41) is 6.59. The predicted molar refractivity (Wildman–Crippen MR) is 86.9 cm³/mol. The van der Waals surface area contributed by atoms with E-state index in [2.05, 4.69) is 10.2 Å². The number of aryl methyl sites for hydroxylation is 2. The molecule has 0 radical (unpaired) electrons. The highest BCUT2D eigenvalue weighted by Gasteiger charge is 2.18. The molecular formula is C18H16FN3O2. The number of benzene rings is 2. The number of aromatic nitrogens is 3. The molecule has 0 saturated heterocycles. The Morgan fingerprint density at radius 1 is 1.21 bits per heavy atom. The van der Waals surface area contributed by atoms with Crippen molar-refractivity contribution in [3.63, 3.8) is 0 Å². The van der Waals surface area contributed by atoms with Crippen molar-refractivity contribution in [2.75, 3.05) is 0 Å². The van der Waals surface area contributed by atoms with Gasteiger partial charge in [-0.25, -0.2) is 18.9 Å². The molecule has 0 saturated carbocycles. The highest BCUT2D eigenvalue weighted by Crippen LogP contribution is 2.26. The van der Waals surface area contributed by atoms with Crippen LogP contribution in [0.15, 0.2) is 47.3 Å². The van der Waals surface area contributed by atoms with E-state index in [1.165, 1.54) is 12.1 Å². The van der Waals surface area contributed by atoms with Crippen LogP contribution in [0.25, 0.3) is 5.69 Å². The first-order valence-electron chi connectivity index (χ1n) is 7.87. The van der Waals surface area contributed by atoms with Crippen LogP contribution in [0.2, 0.25) is 0 Å². The lowest BCUT2D eigenvalue weighted by molar-refractivity contribution is 0.305. The zero-order valence-electron chi connectivity index (χ0n) is 13.0. The zero-order chi connectivity index (χ0) is 16.5. The molecule has 5 nitrogen and oxygen atoms in total. The quantitative estimate of drug-likeness (QED) is 0.805. The maximum Gasteiger partial charge on any atom is 0.347 e. The molecule has 0 atom stereocenters. The number of H-pyrrole nitrogens is 1. The molecular weight excluding hydrogens is 309 g/mol. The van der Waals surface area contributed by atoms with Crippen LogP contribution < -0.4 is 10.4 Å². The number of nitrogens with zero attached hydrogens (tertiary/aromatic N) is 2. The number of ether oxygens (including phenoxy) is 1. The summed E-state index contributed by atoms with van der Waals surface area (Å²) >= 11 is 0. The summed E-state index contributed by atoms with van der Waals surface area (Å²) in [6.45, 7) is 0.299. The Bertz CT molecular complexity index is 945. The van der Waals surface area contributed by atoms with Crippen LogP contribution in [0.3, 0.4) is 0 Å². The molecule has 1 aromatic heterocycles. The van der Waals surface area contributed by atoms with E-state index in [-0.39, 0.29) is 11.5 Å². The first kappa shape index (κ1) is 14.7. The molecule has 0 aliphatic carbocycles. The van der Waals surface area contributed by atoms with Gasteiger partial charge in [-0.3, -0.25) is 0 Å². The van der Waals surface area contributed by atoms with Crippen molar-refractivity contribution in [2.45, 2.75) is 25.9 Å². The number of fused-ring (bicyclic) bond motifs is 3. The van der Waals surface area contributed by atoms with Crippen molar-refractivity contribution >= 4 is 0 Å². The lowest BCUT2D eigenvalue weighted by Gasteiger charge is -2.11. The van der Waals surface area contributed by atoms with Crippen molar-refractivity contribution < 1.29 is 9.13 Å². The summed E-state index contributed by atoms with van der Waals surface area (Å²) in [5.74, 6) is 1.19. The van der Waals surface area contributed by atoms with Crippen LogP contribution in [0, 0.1) is 5.82 Å². The van der Waals surface area contributed by atoms with Crippen LogP contribution in [-0.2, 0) is 19.4 Å². The average Bonchev–Trinajstić information content (AvgIpc) is 2.84. The highest BCUT2D eigenvalue weighted by atomic mass is 19.1. The maximum absolute atomic E-state index is 13.2. The van der Waals surface area contributed by atoms with Gasteiger partial charge in [-0.2, -0.15) is 5.10 Å². The fourth-order valence-electron chi connectivity index (χ4n) is 3.05. The molecule has 2 heterocycles. The van der Waals surface area contributed by atoms with E-state index < -0.39 is 0 Å². The standard InChI is InChI=1S/C18H16FN3O2/c19-14-5-1-3-12(9-14)11-24-15-7-8-16-13(10-15)4-2-6-17-20-21-18(23)22(16)17/h1,3,5,7-10H,2,4,6,11H2,(H,21,23). The Labute approximate surface area is 137 Å². The van der Waals surface area contributed by atoms with Gasteiger partial charge in [0.1, 0.15) is 24.0 Å². The number of rotatable bonds is 3. The van der Waals surface area contributed by atoms with Crippen LogP contribution in [-0.4, -0.2) is 14.8 Å². The third-order valence-electron chi connectivity index (χ3n) is 4.17. The zero-order valence-corrected chi connectivity index (χ0v) is 13.0. The third-order valence-corrected chi connectivity index (χ3v) is 4.17. The van der Waals surface area contributed by atoms with E-state index in [1.54, 1.807) is 10.6 Å². The van der Waals surface area contributed by atoms with Crippen molar-refractivity contribution in [3.05, 3.63) is 75.7 Å². The molecule has 0 amide bonds. The Kier molecular flexibility index (Phi) is 3.65. The van der Waals surface area contributed by atoms with Crippen LogP contribution >= 0.6 is 0 Å². The summed E-state index contributed by atoms with van der Waals surface area (Å²) in [5.41, 5.74) is 2.45. The van der Waals surface area contributed by atoms with Gasteiger partial charge < -0.3 is 4.74 Å². The van der Waals surface area contributed by atoms with E-state index in [4.69, 9.17) is 4.74 Å². The molecule has 24 heavy (non-hydrogen) atoms. The van der Waals surface area contributed by atoms with E-state index >= 15 is 0 Å². The SMILES string of the molecule is O=c1[nH]nc2n1-c1ccc(OCc3cccc(F)c3)cc1CCC2. The Hall–Kier alpha value is -2.89. The lowest BCUT2D eigenvalue weighted by Crippen LogP contribution is -2.17. The second kappa shape index (κ2) is 5.96. The summed E-state index contributed by atoms with van der Waals surface area (Å²) in [6, 6.07) is 12.0. The van der Waals surface area contributed by atoms with Crippen molar-refractivity contribution in [3.8, 4) is 11.4 Å². The van der Waals surface area contributed by atoms with E-state index in [1.807, 2.05) is 24.3 Å². The molecule has 1 aliphatic rings. The second-order valence-electron chi connectivity index (χ2n) is 5.84. The minimum Gasteiger partial charge on any atom is -0.489 e. The van der Waals surface area contributed by atoms with Gasteiger partial charge in [0, 0.05) is 6.42 Å². The van der Waals surface area contributed by atoms with Crippen molar-refractivity contribution in [2.24, 2.45) is 0 Å². The van der Waals surface area contributed by atoms with Gasteiger partial charge in [0.25, 0.3) is 0 Å². The lowest BCUT2D eigenvalue weighted by atomic mass is 10.1. The van der Waals surface area contributed by atoms with Gasteiger partial charge >= 0.3 is 5.69 Å². The molecule has 0 unspecified atom stereocenters. The number of hydrogen-bond acceptors (Lipinski definition) is 3. The van der Waals surface area contributed by atoms with Gasteiger partial charge in [-0.05, 0) is 54.3 Å². The predicted octanol–water partition coefficient (Wildman–Crippen LogP) is 2.77. The van der Waals surface area contributed by atoms with Gasteiger partial charge in [0.2, 0.25) is 0 Å². The Balaban J connectivity index is 1.61. The molecule has 2 aromatic carbocycles. The van der Waals surface area contributed by atoms with Gasteiger partial charge in [0.15, 0.2) is 0 Å². The molecule has 0 bridgehead atoms. The molecule has 0 fully saturated rings. The summed E-state index contributed by atoms with van der Waals surface area (Å²) < 4.78 is 20.6. The van der Waals surface area contributed by atoms with Gasteiger partial charge in [-0.1, -0.05) is 12.1 Å². The van der Waals surface area contributed by atoms with Crippen LogP contribution in [0.5, 0.6) is 5.75 Å². The topological polar surface area (TPSA) is 59.9 Å². The number of halogens is 1. The summed E-state index contributed by atoms with van der Waals surface area (Å²) in [4.78, 5) is 12.0. The number of hydrogen-bond donors (Lipinski definition) is 1. The van der Waals surface area contributed by atoms with E-state index in [0.717, 1.165) is 41.9 Å². The molecule has 1 N–H and O–H groups in total. The third kappa shape index (κ3) is 2.71. The second-order valence-corrected chi connectivity index (χ2v) is 5.84. The summed E-state index contributed by atoms with van der Waals surface area (Å²) in [7, 11) is 0. The van der Waals surface area contributed by atoms with Crippen LogP contribution in [0.1, 0.15) is 23.4 Å². The van der Waals surface area contributed by atoms with Crippen molar-refractivity contribution in [1.82, 2.24) is 14.8 Å². The Morgan fingerprint density at radius 3 is 3.00 bits per heavy atom. The fraction of sp³-hybridized carbons (Fsp3) is 0.222. The molecule has 3 aromatic rings. The average molecular weight is 325 g/mol. The first-order chi connectivity index (χ1) is 11.7. The molecule has 122 valence electrons. The molecule has 0 spiro atoms. The van der Waals surface area contributed by atoms with Crippen molar-refractivity contribution in [1.29, 1.82) is 0 Å². The molecule has 1 aliphatic heterocycles. The first-order valence-corrected chi connectivity index (χ1v) is 7.87. The van der Waals surface area contributed by atoms with E-state index in [9.17, 15) is 9.18 Å². The van der Waals surface area contributed by atoms with E-state index in [0.29, 0.717) is 12.4 Å².